The smallest absolute Gasteiger partial charge is 0.204 e. The van der Waals surface area contributed by atoms with Crippen molar-refractivity contribution in [2.45, 2.75) is 6.54 Å². The minimum absolute atomic E-state index is 0.386. The number of halogens is 1. The zero-order valence-corrected chi connectivity index (χ0v) is 13.3. The number of aromatic nitrogens is 5. The highest BCUT2D eigenvalue weighted by Crippen LogP contribution is 2.20. The van der Waals surface area contributed by atoms with E-state index in [0.717, 1.165) is 16.8 Å². The van der Waals surface area contributed by atoms with Crippen LogP contribution in [0.3, 0.4) is 0 Å². The maximum absolute atomic E-state index is 5.88. The number of nitrogens with zero attached hydrogens (tertiary/aromatic N) is 5. The topological polar surface area (TPSA) is 69.6 Å². The van der Waals surface area contributed by atoms with E-state index in [1.807, 2.05) is 48.5 Å². The third-order valence-electron chi connectivity index (χ3n) is 3.48. The van der Waals surface area contributed by atoms with Crippen molar-refractivity contribution < 1.29 is 4.52 Å². The molecule has 0 saturated carbocycles. The summed E-state index contributed by atoms with van der Waals surface area (Å²) in [5.74, 6) is 1.25. The molecular formula is C17H12ClN5O. The Morgan fingerprint density at radius 3 is 2.54 bits per heavy atom. The van der Waals surface area contributed by atoms with E-state index in [1.165, 1.54) is 4.80 Å². The van der Waals surface area contributed by atoms with Gasteiger partial charge in [-0.05, 0) is 29.5 Å². The van der Waals surface area contributed by atoms with Crippen LogP contribution in [0.25, 0.3) is 22.7 Å². The molecule has 0 aliphatic heterocycles. The summed E-state index contributed by atoms with van der Waals surface area (Å²) < 4.78 is 5.37. The molecule has 0 aliphatic carbocycles. The molecule has 0 aliphatic rings. The summed E-state index contributed by atoms with van der Waals surface area (Å²) in [7, 11) is 0. The van der Waals surface area contributed by atoms with Crippen LogP contribution in [0.5, 0.6) is 0 Å². The molecule has 0 radical (unpaired) electrons. The summed E-state index contributed by atoms with van der Waals surface area (Å²) in [6.45, 7) is 0.386. The summed E-state index contributed by atoms with van der Waals surface area (Å²) in [5, 5.41) is 17.2. The first-order valence-corrected chi connectivity index (χ1v) is 7.70. The number of hydrogen-bond donors (Lipinski definition) is 0. The molecule has 0 unspecified atom stereocenters. The zero-order chi connectivity index (χ0) is 16.4. The van der Waals surface area contributed by atoms with E-state index in [4.69, 9.17) is 16.1 Å². The molecule has 4 rings (SSSR count). The molecule has 0 bridgehead atoms. The largest absolute Gasteiger partial charge is 0.356 e. The maximum Gasteiger partial charge on any atom is 0.204 e. The van der Waals surface area contributed by atoms with Gasteiger partial charge in [0.2, 0.25) is 5.82 Å². The lowest BCUT2D eigenvalue weighted by Gasteiger charge is -1.94. The predicted octanol–water partition coefficient (Wildman–Crippen LogP) is 3.70. The molecule has 0 N–H and O–H groups in total. The van der Waals surface area contributed by atoms with Gasteiger partial charge in [0.05, 0.1) is 0 Å². The van der Waals surface area contributed by atoms with Gasteiger partial charge in [0.15, 0.2) is 5.76 Å². The molecule has 0 fully saturated rings. The fraction of sp³-hybridized carbons (Fsp3) is 0.0588. The van der Waals surface area contributed by atoms with Gasteiger partial charge in [-0.2, -0.15) is 4.80 Å². The lowest BCUT2D eigenvalue weighted by Crippen LogP contribution is -2.04. The second kappa shape index (κ2) is 6.25. The van der Waals surface area contributed by atoms with Crippen molar-refractivity contribution in [2.75, 3.05) is 0 Å². The van der Waals surface area contributed by atoms with Gasteiger partial charge in [0.1, 0.15) is 12.2 Å². The highest BCUT2D eigenvalue weighted by atomic mass is 35.5. The van der Waals surface area contributed by atoms with Gasteiger partial charge in [0.25, 0.3) is 0 Å². The Bertz CT molecular complexity index is 947. The standard InChI is InChI=1S/C17H12ClN5O/c18-14-8-6-13(7-9-14)17-19-22-23(20-17)11-15-10-16(24-21-15)12-4-2-1-3-5-12/h1-10H,11H2. The van der Waals surface area contributed by atoms with Crippen LogP contribution < -0.4 is 0 Å². The summed E-state index contributed by atoms with van der Waals surface area (Å²) in [6, 6.07) is 19.0. The van der Waals surface area contributed by atoms with E-state index in [-0.39, 0.29) is 0 Å². The van der Waals surface area contributed by atoms with E-state index in [1.54, 1.807) is 12.1 Å². The van der Waals surface area contributed by atoms with Crippen LogP contribution in [0.1, 0.15) is 5.69 Å². The number of tetrazole rings is 1. The third-order valence-corrected chi connectivity index (χ3v) is 3.73. The Balaban J connectivity index is 1.52. The van der Waals surface area contributed by atoms with Crippen molar-refractivity contribution >= 4 is 11.6 Å². The van der Waals surface area contributed by atoms with Crippen LogP contribution in [-0.2, 0) is 6.54 Å². The molecule has 2 aromatic heterocycles. The Morgan fingerprint density at radius 1 is 0.958 bits per heavy atom. The zero-order valence-electron chi connectivity index (χ0n) is 12.5. The molecule has 0 saturated heterocycles. The van der Waals surface area contributed by atoms with E-state index < -0.39 is 0 Å². The second-order valence-electron chi connectivity index (χ2n) is 5.20. The summed E-state index contributed by atoms with van der Waals surface area (Å²) in [4.78, 5) is 1.48. The van der Waals surface area contributed by atoms with Crippen LogP contribution >= 0.6 is 11.6 Å². The maximum atomic E-state index is 5.88. The van der Waals surface area contributed by atoms with E-state index in [0.29, 0.717) is 23.2 Å². The molecule has 0 atom stereocenters. The Kier molecular flexibility index (Phi) is 3.80. The minimum atomic E-state index is 0.386. The van der Waals surface area contributed by atoms with Crippen LogP contribution in [0, 0.1) is 0 Å². The van der Waals surface area contributed by atoms with Gasteiger partial charge >= 0.3 is 0 Å². The number of hydrogen-bond acceptors (Lipinski definition) is 5. The first-order chi connectivity index (χ1) is 11.8. The van der Waals surface area contributed by atoms with Gasteiger partial charge < -0.3 is 4.52 Å². The van der Waals surface area contributed by atoms with E-state index in [9.17, 15) is 0 Å². The summed E-state index contributed by atoms with van der Waals surface area (Å²) in [6.07, 6.45) is 0. The molecule has 6 nitrogen and oxygen atoms in total. The predicted molar refractivity (Wildman–Crippen MR) is 89.3 cm³/mol. The molecule has 7 heteroatoms. The Hall–Kier alpha value is -2.99. The molecule has 4 aromatic rings. The summed E-state index contributed by atoms with van der Waals surface area (Å²) in [5.41, 5.74) is 2.56. The normalized spacial score (nSPS) is 10.9. The minimum Gasteiger partial charge on any atom is -0.356 e. The van der Waals surface area contributed by atoms with Crippen LogP contribution in [-0.4, -0.2) is 25.4 Å². The average Bonchev–Trinajstić information content (AvgIpc) is 3.27. The first-order valence-electron chi connectivity index (χ1n) is 7.33. The summed E-state index contributed by atoms with van der Waals surface area (Å²) >= 11 is 5.88. The van der Waals surface area contributed by atoms with Gasteiger partial charge in [-0.25, -0.2) is 0 Å². The van der Waals surface area contributed by atoms with Crippen molar-refractivity contribution in [2.24, 2.45) is 0 Å². The lowest BCUT2D eigenvalue weighted by atomic mass is 10.2. The monoisotopic (exact) mass is 337 g/mol. The quantitative estimate of drug-likeness (QED) is 0.568. The molecule has 2 heterocycles. The van der Waals surface area contributed by atoms with Gasteiger partial charge in [0, 0.05) is 22.2 Å². The average molecular weight is 338 g/mol. The van der Waals surface area contributed by atoms with Crippen LogP contribution in [0.2, 0.25) is 5.02 Å². The van der Waals surface area contributed by atoms with Crippen molar-refractivity contribution in [3.8, 4) is 22.7 Å². The molecule has 118 valence electrons. The molecular weight excluding hydrogens is 326 g/mol. The van der Waals surface area contributed by atoms with Crippen molar-refractivity contribution in [1.82, 2.24) is 25.4 Å². The highest BCUT2D eigenvalue weighted by Gasteiger charge is 2.10. The molecule has 0 amide bonds. The second-order valence-corrected chi connectivity index (χ2v) is 5.64. The Labute approximate surface area is 142 Å². The third kappa shape index (κ3) is 3.04. The van der Waals surface area contributed by atoms with Crippen molar-refractivity contribution in [3.63, 3.8) is 0 Å². The first kappa shape index (κ1) is 14.6. The number of benzene rings is 2. The fourth-order valence-electron chi connectivity index (χ4n) is 2.29. The van der Waals surface area contributed by atoms with Gasteiger partial charge in [-0.1, -0.05) is 47.1 Å². The molecule has 2 aromatic carbocycles. The molecule has 24 heavy (non-hydrogen) atoms. The fourth-order valence-corrected chi connectivity index (χ4v) is 2.42. The van der Waals surface area contributed by atoms with Crippen LogP contribution in [0.15, 0.2) is 65.2 Å². The van der Waals surface area contributed by atoms with Crippen molar-refractivity contribution in [3.05, 3.63) is 71.4 Å². The SMILES string of the molecule is Clc1ccc(-c2nnn(Cc3cc(-c4ccccc4)on3)n2)cc1. The van der Waals surface area contributed by atoms with E-state index >= 15 is 0 Å². The van der Waals surface area contributed by atoms with E-state index in [2.05, 4.69) is 20.6 Å². The van der Waals surface area contributed by atoms with Gasteiger partial charge in [-0.3, -0.25) is 0 Å². The van der Waals surface area contributed by atoms with Crippen molar-refractivity contribution in [1.29, 1.82) is 0 Å². The van der Waals surface area contributed by atoms with Crippen LogP contribution in [0.4, 0.5) is 0 Å². The molecule has 0 spiro atoms. The highest BCUT2D eigenvalue weighted by molar-refractivity contribution is 6.30. The lowest BCUT2D eigenvalue weighted by molar-refractivity contribution is 0.415. The Morgan fingerprint density at radius 2 is 1.75 bits per heavy atom. The van der Waals surface area contributed by atoms with Gasteiger partial charge in [-0.15, -0.1) is 10.2 Å². The number of rotatable bonds is 4.